The van der Waals surface area contributed by atoms with Gasteiger partial charge < -0.3 is 31.1 Å². The van der Waals surface area contributed by atoms with Gasteiger partial charge in [-0.05, 0) is 26.0 Å². The van der Waals surface area contributed by atoms with Gasteiger partial charge in [-0.1, -0.05) is 0 Å². The van der Waals surface area contributed by atoms with Gasteiger partial charge in [0.2, 0.25) is 11.8 Å². The number of aliphatic hydroxyl groups excluding tert-OH is 4. The summed E-state index contributed by atoms with van der Waals surface area (Å²) in [4.78, 5) is 40.4. The SMILES string of the molecule is C=NC(=O)CN1CCC(NC(=O)CCCC(=O)NC[C@H](O)C[C@H](O)[C@H](O)CO)CC1. The van der Waals surface area contributed by atoms with Gasteiger partial charge in [0.1, 0.15) is 6.10 Å². The second-order valence-electron chi connectivity index (χ2n) is 7.53. The highest BCUT2D eigenvalue weighted by molar-refractivity contribution is 5.82. The summed E-state index contributed by atoms with van der Waals surface area (Å²) in [6.07, 6.45) is -1.69. The molecule has 172 valence electrons. The fourth-order valence-corrected chi connectivity index (χ4v) is 3.15. The Labute approximate surface area is 176 Å². The number of aliphatic imine (C=N–C) groups is 1. The van der Waals surface area contributed by atoms with E-state index in [2.05, 4.69) is 22.3 Å². The zero-order valence-electron chi connectivity index (χ0n) is 17.2. The predicted molar refractivity (Wildman–Crippen MR) is 109 cm³/mol. The molecule has 0 aromatic carbocycles. The van der Waals surface area contributed by atoms with E-state index in [1.165, 1.54) is 0 Å². The van der Waals surface area contributed by atoms with Gasteiger partial charge in [0, 0.05) is 44.9 Å². The number of aliphatic hydroxyl groups is 4. The van der Waals surface area contributed by atoms with E-state index in [-0.39, 0.29) is 56.1 Å². The van der Waals surface area contributed by atoms with Crippen molar-refractivity contribution in [3.8, 4) is 0 Å². The first kappa shape index (κ1) is 26.1. The van der Waals surface area contributed by atoms with Crippen LogP contribution in [0.1, 0.15) is 38.5 Å². The molecule has 1 fully saturated rings. The van der Waals surface area contributed by atoms with Crippen LogP contribution in [0.2, 0.25) is 0 Å². The predicted octanol–water partition coefficient (Wildman–Crippen LogP) is -2.45. The maximum absolute atomic E-state index is 12.0. The first-order valence-electron chi connectivity index (χ1n) is 10.2. The zero-order chi connectivity index (χ0) is 22.5. The standard InChI is InChI=1S/C19H34N4O7/c1-20-19(30)11-23-7-5-13(6-8-23)22-18(29)4-2-3-17(28)21-10-14(25)9-15(26)16(27)12-24/h13-16,24-27H,1-12H2,(H,21,28)(H,22,29)/t14-,15+,16-/m1/s1. The summed E-state index contributed by atoms with van der Waals surface area (Å²) in [7, 11) is 0. The Balaban J connectivity index is 2.13. The summed E-state index contributed by atoms with van der Waals surface area (Å²) in [5.74, 6) is -0.721. The Morgan fingerprint density at radius 3 is 2.30 bits per heavy atom. The van der Waals surface area contributed by atoms with Crippen LogP contribution >= 0.6 is 0 Å². The number of carbonyl (C=O) groups is 3. The summed E-state index contributed by atoms with van der Waals surface area (Å²) in [6.45, 7) is 4.13. The highest BCUT2D eigenvalue weighted by Gasteiger charge is 2.22. The van der Waals surface area contributed by atoms with Crippen LogP contribution in [0.25, 0.3) is 0 Å². The molecule has 1 aliphatic rings. The Morgan fingerprint density at radius 2 is 1.70 bits per heavy atom. The van der Waals surface area contributed by atoms with Crippen molar-refractivity contribution in [1.82, 2.24) is 15.5 Å². The fraction of sp³-hybridized carbons (Fsp3) is 0.789. The van der Waals surface area contributed by atoms with Crippen molar-refractivity contribution >= 4 is 24.4 Å². The molecule has 0 unspecified atom stereocenters. The van der Waals surface area contributed by atoms with Crippen LogP contribution in [-0.2, 0) is 14.4 Å². The van der Waals surface area contributed by atoms with E-state index in [1.807, 2.05) is 4.90 Å². The maximum atomic E-state index is 12.0. The molecular formula is C19H34N4O7. The Hall–Kier alpha value is -1.92. The average molecular weight is 431 g/mol. The Kier molecular flexibility index (Phi) is 12.3. The lowest BCUT2D eigenvalue weighted by Crippen LogP contribution is -2.45. The molecule has 0 aromatic rings. The van der Waals surface area contributed by atoms with Crippen molar-refractivity contribution in [3.05, 3.63) is 0 Å². The summed E-state index contributed by atoms with van der Waals surface area (Å²) in [5.41, 5.74) is 0. The molecule has 3 atom stereocenters. The topological polar surface area (TPSA) is 172 Å². The minimum atomic E-state index is -1.34. The van der Waals surface area contributed by atoms with Crippen LogP contribution in [-0.4, -0.2) is 107 Å². The monoisotopic (exact) mass is 430 g/mol. The maximum Gasteiger partial charge on any atom is 0.259 e. The second-order valence-corrected chi connectivity index (χ2v) is 7.53. The minimum absolute atomic E-state index is 0.0465. The van der Waals surface area contributed by atoms with E-state index in [1.54, 1.807) is 0 Å². The molecule has 11 nitrogen and oxygen atoms in total. The first-order valence-corrected chi connectivity index (χ1v) is 10.2. The number of hydrogen-bond acceptors (Lipinski definition) is 8. The number of amides is 3. The molecule has 0 aliphatic carbocycles. The molecule has 0 saturated carbocycles. The fourth-order valence-electron chi connectivity index (χ4n) is 3.15. The van der Waals surface area contributed by atoms with Crippen molar-refractivity contribution in [2.45, 2.75) is 62.9 Å². The molecule has 0 bridgehead atoms. The number of nitrogens with zero attached hydrogens (tertiary/aromatic N) is 2. The number of rotatable bonds is 13. The molecule has 0 spiro atoms. The van der Waals surface area contributed by atoms with Crippen molar-refractivity contribution < 1.29 is 34.8 Å². The number of carbonyl (C=O) groups excluding carboxylic acids is 3. The molecule has 6 N–H and O–H groups in total. The normalized spacial score (nSPS) is 18.3. The van der Waals surface area contributed by atoms with Crippen LogP contribution in [0.4, 0.5) is 0 Å². The largest absolute Gasteiger partial charge is 0.394 e. The molecule has 3 amide bonds. The highest BCUT2D eigenvalue weighted by Crippen LogP contribution is 2.11. The second kappa shape index (κ2) is 14.1. The van der Waals surface area contributed by atoms with E-state index in [0.29, 0.717) is 19.5 Å². The van der Waals surface area contributed by atoms with Gasteiger partial charge >= 0.3 is 0 Å². The third-order valence-electron chi connectivity index (χ3n) is 4.98. The van der Waals surface area contributed by atoms with Crippen LogP contribution in [0.5, 0.6) is 0 Å². The third kappa shape index (κ3) is 10.7. The van der Waals surface area contributed by atoms with Crippen molar-refractivity contribution in [1.29, 1.82) is 0 Å². The Bertz CT molecular complexity index is 567. The first-order chi connectivity index (χ1) is 14.2. The molecule has 1 rings (SSSR count). The molecule has 1 heterocycles. The van der Waals surface area contributed by atoms with Crippen LogP contribution in [0, 0.1) is 0 Å². The van der Waals surface area contributed by atoms with Gasteiger partial charge in [-0.15, -0.1) is 0 Å². The van der Waals surface area contributed by atoms with Gasteiger partial charge in [-0.25, -0.2) is 4.99 Å². The lowest BCUT2D eigenvalue weighted by Gasteiger charge is -2.31. The van der Waals surface area contributed by atoms with E-state index in [4.69, 9.17) is 5.11 Å². The van der Waals surface area contributed by atoms with Crippen LogP contribution in [0.3, 0.4) is 0 Å². The van der Waals surface area contributed by atoms with E-state index in [0.717, 1.165) is 12.8 Å². The van der Waals surface area contributed by atoms with Crippen LogP contribution < -0.4 is 10.6 Å². The van der Waals surface area contributed by atoms with Gasteiger partial charge in [-0.2, -0.15) is 0 Å². The summed E-state index contributed by atoms with van der Waals surface area (Å²) in [6, 6.07) is 0.0465. The number of hydrogen-bond donors (Lipinski definition) is 6. The van der Waals surface area contributed by atoms with Gasteiger partial charge in [0.25, 0.3) is 5.91 Å². The lowest BCUT2D eigenvalue weighted by molar-refractivity contribution is -0.124. The Morgan fingerprint density at radius 1 is 1.07 bits per heavy atom. The smallest absolute Gasteiger partial charge is 0.259 e. The number of nitrogens with one attached hydrogen (secondary N) is 2. The van der Waals surface area contributed by atoms with Crippen molar-refractivity contribution in [3.63, 3.8) is 0 Å². The highest BCUT2D eigenvalue weighted by atomic mass is 16.4. The molecule has 30 heavy (non-hydrogen) atoms. The quantitative estimate of drug-likeness (QED) is 0.175. The molecule has 0 aromatic heterocycles. The molecule has 1 aliphatic heterocycles. The number of piperidine rings is 1. The lowest BCUT2D eigenvalue weighted by atomic mass is 10.0. The van der Waals surface area contributed by atoms with E-state index >= 15 is 0 Å². The minimum Gasteiger partial charge on any atom is -0.394 e. The molecule has 0 radical (unpaired) electrons. The summed E-state index contributed by atoms with van der Waals surface area (Å²) >= 11 is 0. The van der Waals surface area contributed by atoms with E-state index < -0.39 is 24.9 Å². The van der Waals surface area contributed by atoms with E-state index in [9.17, 15) is 29.7 Å². The average Bonchev–Trinajstić information content (AvgIpc) is 2.72. The summed E-state index contributed by atoms with van der Waals surface area (Å²) in [5, 5.41) is 42.6. The molecule has 1 saturated heterocycles. The zero-order valence-corrected chi connectivity index (χ0v) is 17.2. The summed E-state index contributed by atoms with van der Waals surface area (Å²) < 4.78 is 0. The molecule has 11 heteroatoms. The van der Waals surface area contributed by atoms with Crippen molar-refractivity contribution in [2.24, 2.45) is 4.99 Å². The third-order valence-corrected chi connectivity index (χ3v) is 4.98. The van der Waals surface area contributed by atoms with Gasteiger partial charge in [-0.3, -0.25) is 19.3 Å². The molecular weight excluding hydrogens is 396 g/mol. The van der Waals surface area contributed by atoms with Gasteiger partial charge in [0.15, 0.2) is 0 Å². The van der Waals surface area contributed by atoms with Gasteiger partial charge in [0.05, 0.1) is 25.4 Å². The van der Waals surface area contributed by atoms with Crippen LogP contribution in [0.15, 0.2) is 4.99 Å². The number of likely N-dealkylation sites (tertiary alicyclic amines) is 1. The van der Waals surface area contributed by atoms with Crippen molar-refractivity contribution in [2.75, 3.05) is 32.8 Å².